The zero-order valence-corrected chi connectivity index (χ0v) is 16.2. The molecule has 0 saturated carbocycles. The molecular weight excluding hydrogens is 426 g/mol. The number of ether oxygens (including phenoxy) is 2. The standard InChI is InChI=1S/C20H15F4NO4S/c1-28-18-7-2-3-8-19(18)29-17-10-9-13(20(22,23)24)11-16(17)25-30(26,27)15-6-4-5-14(21)12-15/h2-12,25H,1H3. The Labute approximate surface area is 169 Å². The molecule has 10 heteroatoms. The summed E-state index contributed by atoms with van der Waals surface area (Å²) < 4.78 is 90.9. The highest BCUT2D eigenvalue weighted by molar-refractivity contribution is 7.92. The van der Waals surface area contributed by atoms with Crippen molar-refractivity contribution in [2.75, 3.05) is 11.8 Å². The molecule has 0 fully saturated rings. The number of nitrogens with one attached hydrogen (secondary N) is 1. The molecule has 3 rings (SSSR count). The Morgan fingerprint density at radius 1 is 0.867 bits per heavy atom. The van der Waals surface area contributed by atoms with Crippen LogP contribution in [0, 0.1) is 5.82 Å². The quantitative estimate of drug-likeness (QED) is 0.517. The molecule has 0 aliphatic carbocycles. The van der Waals surface area contributed by atoms with Crippen LogP contribution in [-0.4, -0.2) is 15.5 Å². The lowest BCUT2D eigenvalue weighted by atomic mass is 10.2. The van der Waals surface area contributed by atoms with Crippen molar-refractivity contribution in [2.45, 2.75) is 11.1 Å². The van der Waals surface area contributed by atoms with E-state index in [2.05, 4.69) is 0 Å². The van der Waals surface area contributed by atoms with E-state index in [4.69, 9.17) is 9.47 Å². The number of alkyl halides is 3. The molecule has 0 aliphatic heterocycles. The molecule has 0 unspecified atom stereocenters. The summed E-state index contributed by atoms with van der Waals surface area (Å²) in [4.78, 5) is -0.455. The molecule has 0 atom stereocenters. The second kappa shape index (κ2) is 8.23. The zero-order valence-electron chi connectivity index (χ0n) is 15.4. The molecule has 158 valence electrons. The first-order chi connectivity index (χ1) is 14.1. The van der Waals surface area contributed by atoms with Gasteiger partial charge in [-0.2, -0.15) is 13.2 Å². The van der Waals surface area contributed by atoms with Crippen LogP contribution in [0.15, 0.2) is 71.6 Å². The first-order valence-corrected chi connectivity index (χ1v) is 9.89. The number of halogens is 4. The summed E-state index contributed by atoms with van der Waals surface area (Å²) in [6.07, 6.45) is -4.72. The lowest BCUT2D eigenvalue weighted by molar-refractivity contribution is -0.137. The predicted molar refractivity (Wildman–Crippen MR) is 102 cm³/mol. The van der Waals surface area contributed by atoms with Gasteiger partial charge in [0.25, 0.3) is 10.0 Å². The first-order valence-electron chi connectivity index (χ1n) is 8.40. The third kappa shape index (κ3) is 4.82. The van der Waals surface area contributed by atoms with E-state index in [1.54, 1.807) is 18.2 Å². The molecule has 0 saturated heterocycles. The van der Waals surface area contributed by atoms with Crippen LogP contribution in [0.4, 0.5) is 23.2 Å². The van der Waals surface area contributed by atoms with Gasteiger partial charge >= 0.3 is 6.18 Å². The smallest absolute Gasteiger partial charge is 0.416 e. The van der Waals surface area contributed by atoms with Gasteiger partial charge in [0.15, 0.2) is 17.2 Å². The van der Waals surface area contributed by atoms with E-state index in [9.17, 15) is 26.0 Å². The molecule has 0 aliphatic rings. The minimum atomic E-state index is -4.72. The molecular formula is C20H15F4NO4S. The summed E-state index contributed by atoms with van der Waals surface area (Å²) in [5.41, 5.74) is -1.56. The molecule has 1 N–H and O–H groups in total. The van der Waals surface area contributed by atoms with Gasteiger partial charge in [0.1, 0.15) is 5.82 Å². The third-order valence-corrected chi connectivity index (χ3v) is 5.31. The van der Waals surface area contributed by atoms with Crippen molar-refractivity contribution in [2.24, 2.45) is 0 Å². The van der Waals surface area contributed by atoms with Crippen LogP contribution in [0.5, 0.6) is 17.2 Å². The van der Waals surface area contributed by atoms with Gasteiger partial charge < -0.3 is 9.47 Å². The molecule has 30 heavy (non-hydrogen) atoms. The molecule has 0 bridgehead atoms. The molecule has 0 radical (unpaired) electrons. The normalized spacial score (nSPS) is 11.8. The molecule has 0 heterocycles. The van der Waals surface area contributed by atoms with Crippen LogP contribution in [0.25, 0.3) is 0 Å². The maximum Gasteiger partial charge on any atom is 0.416 e. The third-order valence-electron chi connectivity index (χ3n) is 3.95. The van der Waals surface area contributed by atoms with Gasteiger partial charge in [0, 0.05) is 0 Å². The van der Waals surface area contributed by atoms with Crippen molar-refractivity contribution in [1.29, 1.82) is 0 Å². The summed E-state index contributed by atoms with van der Waals surface area (Å²) in [6.45, 7) is 0. The lowest BCUT2D eigenvalue weighted by Crippen LogP contribution is -2.15. The number of sulfonamides is 1. The summed E-state index contributed by atoms with van der Waals surface area (Å²) >= 11 is 0. The van der Waals surface area contributed by atoms with Crippen molar-refractivity contribution < 1.29 is 35.5 Å². The fourth-order valence-electron chi connectivity index (χ4n) is 2.53. The minimum absolute atomic E-state index is 0.158. The van der Waals surface area contributed by atoms with Crippen LogP contribution in [0.2, 0.25) is 0 Å². The van der Waals surface area contributed by atoms with E-state index in [1.807, 2.05) is 4.72 Å². The lowest BCUT2D eigenvalue weighted by Gasteiger charge is -2.17. The van der Waals surface area contributed by atoms with E-state index >= 15 is 0 Å². The number of rotatable bonds is 6. The Morgan fingerprint density at radius 2 is 1.57 bits per heavy atom. The average Bonchev–Trinajstić information content (AvgIpc) is 2.68. The Kier molecular flexibility index (Phi) is 5.88. The monoisotopic (exact) mass is 441 g/mol. The molecule has 5 nitrogen and oxygen atoms in total. The Hall–Kier alpha value is -3.27. The second-order valence-corrected chi connectivity index (χ2v) is 7.71. The van der Waals surface area contributed by atoms with Crippen LogP contribution >= 0.6 is 0 Å². The van der Waals surface area contributed by atoms with Crippen molar-refractivity contribution in [3.05, 3.63) is 78.1 Å². The topological polar surface area (TPSA) is 64.6 Å². The number of anilines is 1. The Bertz CT molecular complexity index is 1160. The van der Waals surface area contributed by atoms with E-state index in [0.29, 0.717) is 6.07 Å². The Balaban J connectivity index is 2.06. The van der Waals surface area contributed by atoms with E-state index in [1.165, 1.54) is 19.2 Å². The molecule has 3 aromatic rings. The van der Waals surface area contributed by atoms with Gasteiger partial charge in [-0.3, -0.25) is 4.72 Å². The number of hydrogen-bond donors (Lipinski definition) is 1. The Morgan fingerprint density at radius 3 is 2.20 bits per heavy atom. The second-order valence-electron chi connectivity index (χ2n) is 6.02. The van der Waals surface area contributed by atoms with Gasteiger partial charge in [-0.1, -0.05) is 18.2 Å². The van der Waals surface area contributed by atoms with Crippen molar-refractivity contribution in [3.63, 3.8) is 0 Å². The summed E-state index contributed by atoms with van der Waals surface area (Å²) in [5.74, 6) is -0.567. The molecule has 3 aromatic carbocycles. The van der Waals surface area contributed by atoms with Crippen molar-refractivity contribution >= 4 is 15.7 Å². The predicted octanol–water partition coefficient (Wildman–Crippen LogP) is 5.45. The SMILES string of the molecule is COc1ccccc1Oc1ccc(C(F)(F)F)cc1NS(=O)(=O)c1cccc(F)c1. The highest BCUT2D eigenvalue weighted by Crippen LogP contribution is 2.39. The van der Waals surface area contributed by atoms with Crippen LogP contribution in [0.1, 0.15) is 5.56 Å². The summed E-state index contributed by atoms with van der Waals surface area (Å²) in [5, 5.41) is 0. The fraction of sp³-hybridized carbons (Fsp3) is 0.100. The molecule has 0 aromatic heterocycles. The molecule has 0 amide bonds. The number of para-hydroxylation sites is 2. The largest absolute Gasteiger partial charge is 0.493 e. The van der Waals surface area contributed by atoms with Crippen molar-refractivity contribution in [1.82, 2.24) is 0 Å². The number of methoxy groups -OCH3 is 1. The number of benzene rings is 3. The van der Waals surface area contributed by atoms with E-state index in [0.717, 1.165) is 30.3 Å². The van der Waals surface area contributed by atoms with Crippen molar-refractivity contribution in [3.8, 4) is 17.2 Å². The van der Waals surface area contributed by atoms with Crippen LogP contribution < -0.4 is 14.2 Å². The van der Waals surface area contributed by atoms with E-state index in [-0.39, 0.29) is 17.2 Å². The minimum Gasteiger partial charge on any atom is -0.493 e. The van der Waals surface area contributed by atoms with Gasteiger partial charge in [0.05, 0.1) is 23.3 Å². The maximum atomic E-state index is 13.4. The average molecular weight is 441 g/mol. The highest BCUT2D eigenvalue weighted by Gasteiger charge is 2.32. The van der Waals surface area contributed by atoms with Gasteiger partial charge in [-0.05, 0) is 48.5 Å². The first kappa shape index (κ1) is 21.4. The highest BCUT2D eigenvalue weighted by atomic mass is 32.2. The maximum absolute atomic E-state index is 13.4. The summed E-state index contributed by atoms with van der Waals surface area (Å²) in [6, 6.07) is 12.7. The van der Waals surface area contributed by atoms with Gasteiger partial charge in [-0.15, -0.1) is 0 Å². The van der Waals surface area contributed by atoms with E-state index < -0.39 is 38.2 Å². The summed E-state index contributed by atoms with van der Waals surface area (Å²) in [7, 11) is -3.02. The van der Waals surface area contributed by atoms with Crippen LogP contribution in [0.3, 0.4) is 0 Å². The molecule has 0 spiro atoms. The van der Waals surface area contributed by atoms with Crippen LogP contribution in [-0.2, 0) is 16.2 Å². The van der Waals surface area contributed by atoms with Gasteiger partial charge in [-0.25, -0.2) is 12.8 Å². The number of hydrogen-bond acceptors (Lipinski definition) is 4. The fourth-order valence-corrected chi connectivity index (χ4v) is 3.63. The zero-order chi connectivity index (χ0) is 21.9. The van der Waals surface area contributed by atoms with Gasteiger partial charge in [0.2, 0.25) is 0 Å².